The quantitative estimate of drug-likeness (QED) is 0.776. The van der Waals surface area contributed by atoms with Crippen molar-refractivity contribution in [3.05, 3.63) is 35.9 Å². The maximum Gasteiger partial charge on any atom is 0.194 e. The van der Waals surface area contributed by atoms with Crippen LogP contribution < -0.4 is 0 Å². The molecule has 0 unspecified atom stereocenters. The van der Waals surface area contributed by atoms with Crippen molar-refractivity contribution in [2.24, 2.45) is 5.41 Å². The Morgan fingerprint density at radius 3 is 2.37 bits per heavy atom. The Morgan fingerprint density at radius 1 is 1.16 bits per heavy atom. The highest BCUT2D eigenvalue weighted by atomic mass is 16.7. The fourth-order valence-corrected chi connectivity index (χ4v) is 2.25. The van der Waals surface area contributed by atoms with Crippen LogP contribution in [0.3, 0.4) is 0 Å². The first kappa shape index (κ1) is 14.0. The zero-order valence-electron chi connectivity index (χ0n) is 11.7. The fraction of sp³-hybridized carbons (Fsp3) is 0.562. The van der Waals surface area contributed by atoms with Gasteiger partial charge in [0, 0.05) is 23.8 Å². The molecule has 19 heavy (non-hydrogen) atoms. The third-order valence-electron chi connectivity index (χ3n) is 3.40. The molecule has 0 bridgehead atoms. The van der Waals surface area contributed by atoms with Crippen LogP contribution in [0.4, 0.5) is 0 Å². The van der Waals surface area contributed by atoms with Gasteiger partial charge in [-0.2, -0.15) is 5.26 Å². The molecule has 1 saturated heterocycles. The van der Waals surface area contributed by atoms with Gasteiger partial charge >= 0.3 is 0 Å². The van der Waals surface area contributed by atoms with Gasteiger partial charge in [0.25, 0.3) is 0 Å². The Labute approximate surface area is 115 Å². The third kappa shape index (κ3) is 3.34. The van der Waals surface area contributed by atoms with E-state index in [-0.39, 0.29) is 5.41 Å². The first-order chi connectivity index (χ1) is 9.08. The van der Waals surface area contributed by atoms with Crippen molar-refractivity contribution >= 4 is 0 Å². The molecule has 0 aliphatic carbocycles. The van der Waals surface area contributed by atoms with E-state index in [4.69, 9.17) is 14.7 Å². The molecule has 1 aliphatic heterocycles. The first-order valence-electron chi connectivity index (χ1n) is 6.78. The zero-order valence-corrected chi connectivity index (χ0v) is 11.7. The SMILES string of the molecule is CC1(C)COC(CCCC#N)(c2ccccc2)OC1. The van der Waals surface area contributed by atoms with Crippen molar-refractivity contribution in [2.45, 2.75) is 38.9 Å². The topological polar surface area (TPSA) is 42.2 Å². The van der Waals surface area contributed by atoms with Crippen LogP contribution in [-0.2, 0) is 15.3 Å². The van der Waals surface area contributed by atoms with Gasteiger partial charge in [0.05, 0.1) is 19.3 Å². The number of ether oxygens (including phenoxy) is 2. The minimum absolute atomic E-state index is 0.0491. The summed E-state index contributed by atoms with van der Waals surface area (Å²) >= 11 is 0. The van der Waals surface area contributed by atoms with Crippen LogP contribution in [0, 0.1) is 16.7 Å². The number of benzene rings is 1. The Kier molecular flexibility index (Phi) is 4.24. The van der Waals surface area contributed by atoms with Gasteiger partial charge in [-0.05, 0) is 6.42 Å². The molecule has 1 aromatic carbocycles. The van der Waals surface area contributed by atoms with Crippen molar-refractivity contribution in [2.75, 3.05) is 13.2 Å². The molecule has 1 aliphatic rings. The Bertz CT molecular complexity index is 438. The summed E-state index contributed by atoms with van der Waals surface area (Å²) in [6.45, 7) is 5.62. The van der Waals surface area contributed by atoms with Crippen LogP contribution in [0.15, 0.2) is 30.3 Å². The van der Waals surface area contributed by atoms with E-state index >= 15 is 0 Å². The second kappa shape index (κ2) is 5.73. The Balaban J connectivity index is 2.17. The van der Waals surface area contributed by atoms with Crippen LogP contribution in [0.5, 0.6) is 0 Å². The van der Waals surface area contributed by atoms with E-state index in [1.165, 1.54) is 0 Å². The van der Waals surface area contributed by atoms with E-state index in [9.17, 15) is 0 Å². The average molecular weight is 259 g/mol. The molecule has 0 spiro atoms. The molecule has 1 aromatic rings. The lowest BCUT2D eigenvalue weighted by atomic mass is 9.91. The van der Waals surface area contributed by atoms with Crippen molar-refractivity contribution in [1.82, 2.24) is 0 Å². The predicted molar refractivity (Wildman–Crippen MR) is 73.3 cm³/mol. The summed E-state index contributed by atoms with van der Waals surface area (Å²) in [6.07, 6.45) is 2.04. The fourth-order valence-electron chi connectivity index (χ4n) is 2.25. The summed E-state index contributed by atoms with van der Waals surface area (Å²) in [5.41, 5.74) is 1.09. The first-order valence-corrected chi connectivity index (χ1v) is 6.78. The smallest absolute Gasteiger partial charge is 0.194 e. The van der Waals surface area contributed by atoms with Gasteiger partial charge in [0.15, 0.2) is 5.79 Å². The molecule has 1 fully saturated rings. The Morgan fingerprint density at radius 2 is 1.79 bits per heavy atom. The summed E-state index contributed by atoms with van der Waals surface area (Å²) in [6, 6.07) is 12.2. The molecule has 0 saturated carbocycles. The lowest BCUT2D eigenvalue weighted by Gasteiger charge is -2.43. The normalized spacial score (nSPS) is 20.7. The number of nitriles is 1. The van der Waals surface area contributed by atoms with Gasteiger partial charge in [-0.25, -0.2) is 0 Å². The highest BCUT2D eigenvalue weighted by Gasteiger charge is 2.41. The minimum atomic E-state index is -0.673. The van der Waals surface area contributed by atoms with Gasteiger partial charge in [-0.15, -0.1) is 0 Å². The summed E-state index contributed by atoms with van der Waals surface area (Å²) in [7, 11) is 0. The van der Waals surface area contributed by atoms with E-state index in [1.54, 1.807) is 0 Å². The van der Waals surface area contributed by atoms with E-state index in [0.29, 0.717) is 19.6 Å². The molecule has 102 valence electrons. The Hall–Kier alpha value is -1.37. The maximum atomic E-state index is 8.70. The molecular formula is C16H21NO2. The van der Waals surface area contributed by atoms with E-state index in [2.05, 4.69) is 19.9 Å². The summed E-state index contributed by atoms with van der Waals surface area (Å²) in [4.78, 5) is 0. The van der Waals surface area contributed by atoms with Crippen molar-refractivity contribution in [3.63, 3.8) is 0 Å². The van der Waals surface area contributed by atoms with Crippen LogP contribution in [0.25, 0.3) is 0 Å². The number of rotatable bonds is 4. The second-order valence-corrected chi connectivity index (χ2v) is 5.87. The summed E-state index contributed by atoms with van der Waals surface area (Å²) < 4.78 is 12.2. The number of unbranched alkanes of at least 4 members (excludes halogenated alkanes) is 1. The van der Waals surface area contributed by atoms with Crippen LogP contribution in [0.2, 0.25) is 0 Å². The van der Waals surface area contributed by atoms with Crippen molar-refractivity contribution in [3.8, 4) is 6.07 Å². The lowest BCUT2D eigenvalue weighted by Crippen LogP contribution is -2.45. The van der Waals surface area contributed by atoms with Crippen molar-refractivity contribution in [1.29, 1.82) is 5.26 Å². The molecule has 3 nitrogen and oxygen atoms in total. The van der Waals surface area contributed by atoms with Crippen LogP contribution >= 0.6 is 0 Å². The van der Waals surface area contributed by atoms with Crippen LogP contribution in [0.1, 0.15) is 38.7 Å². The molecule has 3 heteroatoms. The number of nitrogens with zero attached hydrogens (tertiary/aromatic N) is 1. The molecular weight excluding hydrogens is 238 g/mol. The van der Waals surface area contributed by atoms with E-state index < -0.39 is 5.79 Å². The van der Waals surface area contributed by atoms with E-state index in [1.807, 2.05) is 30.3 Å². The van der Waals surface area contributed by atoms with Crippen molar-refractivity contribution < 1.29 is 9.47 Å². The van der Waals surface area contributed by atoms with Gasteiger partial charge in [0.2, 0.25) is 0 Å². The standard InChI is InChI=1S/C16H21NO2/c1-15(2)12-18-16(19-13-15,10-6-7-11-17)14-8-4-3-5-9-14/h3-5,8-9H,6-7,10,12-13H2,1-2H3. The van der Waals surface area contributed by atoms with Gasteiger partial charge in [-0.3, -0.25) is 0 Å². The number of hydrogen-bond donors (Lipinski definition) is 0. The second-order valence-electron chi connectivity index (χ2n) is 5.87. The average Bonchev–Trinajstić information content (AvgIpc) is 2.42. The maximum absolute atomic E-state index is 8.70. The summed E-state index contributed by atoms with van der Waals surface area (Å²) in [5.74, 6) is -0.673. The van der Waals surface area contributed by atoms with Gasteiger partial charge in [-0.1, -0.05) is 44.2 Å². The largest absolute Gasteiger partial charge is 0.345 e. The van der Waals surface area contributed by atoms with E-state index in [0.717, 1.165) is 18.4 Å². The molecule has 0 radical (unpaired) electrons. The summed E-state index contributed by atoms with van der Waals surface area (Å²) in [5, 5.41) is 8.70. The minimum Gasteiger partial charge on any atom is -0.345 e. The van der Waals surface area contributed by atoms with Gasteiger partial charge in [0.1, 0.15) is 0 Å². The van der Waals surface area contributed by atoms with Gasteiger partial charge < -0.3 is 9.47 Å². The lowest BCUT2D eigenvalue weighted by molar-refractivity contribution is -0.311. The monoisotopic (exact) mass is 259 g/mol. The molecule has 0 amide bonds. The van der Waals surface area contributed by atoms with Crippen LogP contribution in [-0.4, -0.2) is 13.2 Å². The number of hydrogen-bond acceptors (Lipinski definition) is 3. The zero-order chi connectivity index (χ0) is 13.8. The third-order valence-corrected chi connectivity index (χ3v) is 3.40. The molecule has 2 rings (SSSR count). The molecule has 0 N–H and O–H groups in total. The molecule has 0 atom stereocenters. The molecule has 0 aromatic heterocycles. The predicted octanol–water partition coefficient (Wildman–Crippen LogP) is 3.61. The highest BCUT2D eigenvalue weighted by Crippen LogP contribution is 2.39. The highest BCUT2D eigenvalue weighted by molar-refractivity contribution is 5.21. The molecule has 1 heterocycles.